The Balaban J connectivity index is 0.00000110. The molecule has 0 saturated heterocycles. The van der Waals surface area contributed by atoms with Crippen LogP contribution in [-0.4, -0.2) is 11.6 Å². The first kappa shape index (κ1) is 18.0. The van der Waals surface area contributed by atoms with Gasteiger partial charge >= 0.3 is 0 Å². The average molecular weight is 272 g/mol. The Bertz CT molecular complexity index is 444. The highest BCUT2D eigenvalue weighted by molar-refractivity contribution is 5.93. The Hall–Kier alpha value is -1.96. The van der Waals surface area contributed by atoms with E-state index in [1.165, 1.54) is 19.4 Å². The lowest BCUT2D eigenvalue weighted by Crippen LogP contribution is -2.06. The molecule has 2 heteroatoms. The molecule has 1 aromatic rings. The van der Waals surface area contributed by atoms with Gasteiger partial charge in [0.05, 0.1) is 5.92 Å². The van der Waals surface area contributed by atoms with Crippen molar-refractivity contribution >= 4 is 11.6 Å². The molecule has 0 saturated carbocycles. The predicted octanol–water partition coefficient (Wildman–Crippen LogP) is 4.48. The van der Waals surface area contributed by atoms with Crippen LogP contribution in [0.4, 0.5) is 0 Å². The second-order valence-corrected chi connectivity index (χ2v) is 4.52. The predicted molar refractivity (Wildman–Crippen MR) is 84.8 cm³/mol. The summed E-state index contributed by atoms with van der Waals surface area (Å²) in [5.74, 6) is -0.356. The number of carbonyl (C=O) groups excluding carboxylic acids is 2. The summed E-state index contributed by atoms with van der Waals surface area (Å²) in [6.45, 7) is 9.28. The summed E-state index contributed by atoms with van der Waals surface area (Å²) in [6.07, 6.45) is 6.22. The van der Waals surface area contributed by atoms with Gasteiger partial charge in [-0.1, -0.05) is 62.8 Å². The molecule has 20 heavy (non-hydrogen) atoms. The average Bonchev–Trinajstić information content (AvgIpc) is 2.41. The fraction of sp³-hybridized carbons (Fsp3) is 0.333. The third-order valence-corrected chi connectivity index (χ3v) is 2.42. The zero-order valence-corrected chi connectivity index (χ0v) is 12.6. The maximum atomic E-state index is 11.5. The molecule has 1 atom stereocenters. The van der Waals surface area contributed by atoms with Crippen molar-refractivity contribution in [3.8, 4) is 0 Å². The standard InChI is InChI=1S/C15H16O2.C3H8/c1-3-7-14(17)10-11-15(12(2)16)13-8-5-4-6-9-13;1-3-2/h3-6,8-11,15H,1,7H2,2H3;3H2,1-2H3/b11-10+;/t15-;/m1./s1. The van der Waals surface area contributed by atoms with Crippen molar-refractivity contribution in [2.45, 2.75) is 39.5 Å². The highest BCUT2D eigenvalue weighted by atomic mass is 16.1. The first-order chi connectivity index (χ1) is 9.56. The van der Waals surface area contributed by atoms with Crippen LogP contribution in [0.3, 0.4) is 0 Å². The summed E-state index contributed by atoms with van der Waals surface area (Å²) in [4.78, 5) is 22.9. The van der Waals surface area contributed by atoms with Crippen molar-refractivity contribution in [2.24, 2.45) is 0 Å². The molecule has 1 rings (SSSR count). The number of rotatable bonds is 6. The quantitative estimate of drug-likeness (QED) is 0.565. The topological polar surface area (TPSA) is 34.1 Å². The first-order valence-corrected chi connectivity index (χ1v) is 6.94. The molecule has 0 aliphatic heterocycles. The summed E-state index contributed by atoms with van der Waals surface area (Å²) in [5, 5.41) is 0. The summed E-state index contributed by atoms with van der Waals surface area (Å²) in [6, 6.07) is 9.42. The van der Waals surface area contributed by atoms with Gasteiger partial charge in [0.1, 0.15) is 5.78 Å². The molecule has 0 N–H and O–H groups in total. The van der Waals surface area contributed by atoms with Crippen LogP contribution in [0, 0.1) is 0 Å². The molecular formula is C18H24O2. The van der Waals surface area contributed by atoms with Gasteiger partial charge in [0.15, 0.2) is 5.78 Å². The number of benzene rings is 1. The Morgan fingerprint density at radius 3 is 2.20 bits per heavy atom. The van der Waals surface area contributed by atoms with Gasteiger partial charge in [-0.05, 0) is 18.6 Å². The van der Waals surface area contributed by atoms with E-state index in [0.29, 0.717) is 6.42 Å². The van der Waals surface area contributed by atoms with Crippen LogP contribution in [0.5, 0.6) is 0 Å². The fourth-order valence-electron chi connectivity index (χ4n) is 1.56. The first-order valence-electron chi connectivity index (χ1n) is 6.94. The molecule has 0 aromatic heterocycles. The third kappa shape index (κ3) is 7.47. The van der Waals surface area contributed by atoms with Crippen molar-refractivity contribution < 1.29 is 9.59 Å². The van der Waals surface area contributed by atoms with Crippen molar-refractivity contribution in [3.63, 3.8) is 0 Å². The second-order valence-electron chi connectivity index (χ2n) is 4.52. The summed E-state index contributed by atoms with van der Waals surface area (Å²) >= 11 is 0. The van der Waals surface area contributed by atoms with E-state index in [0.717, 1.165) is 5.56 Å². The van der Waals surface area contributed by atoms with E-state index in [2.05, 4.69) is 20.4 Å². The van der Waals surface area contributed by atoms with Gasteiger partial charge in [-0.2, -0.15) is 0 Å². The molecule has 0 aliphatic carbocycles. The van der Waals surface area contributed by atoms with Crippen molar-refractivity contribution in [1.29, 1.82) is 0 Å². The van der Waals surface area contributed by atoms with Gasteiger partial charge < -0.3 is 0 Å². The monoisotopic (exact) mass is 272 g/mol. The zero-order chi connectivity index (χ0) is 15.4. The lowest BCUT2D eigenvalue weighted by atomic mass is 9.94. The molecule has 108 valence electrons. The highest BCUT2D eigenvalue weighted by Crippen LogP contribution is 2.18. The number of ketones is 2. The molecule has 1 aromatic carbocycles. The molecule has 0 unspecified atom stereocenters. The number of Topliss-reactive ketones (excluding diaryl/α,β-unsaturated/α-hetero) is 1. The summed E-state index contributed by atoms with van der Waals surface area (Å²) in [5.41, 5.74) is 0.905. The fourth-order valence-corrected chi connectivity index (χ4v) is 1.56. The van der Waals surface area contributed by atoms with Gasteiger partial charge in [-0.25, -0.2) is 0 Å². The van der Waals surface area contributed by atoms with E-state index in [1.54, 1.807) is 12.2 Å². The molecule has 0 aliphatic rings. The second kappa shape index (κ2) is 10.9. The Morgan fingerprint density at radius 2 is 1.75 bits per heavy atom. The van der Waals surface area contributed by atoms with Crippen LogP contribution in [0.1, 0.15) is 45.1 Å². The molecule has 2 nitrogen and oxygen atoms in total. The molecule has 0 heterocycles. The minimum absolute atomic E-state index is 0.0267. The van der Waals surface area contributed by atoms with E-state index in [1.807, 2.05) is 30.3 Å². The maximum absolute atomic E-state index is 11.5. The van der Waals surface area contributed by atoms with Gasteiger partial charge in [0.2, 0.25) is 0 Å². The van der Waals surface area contributed by atoms with E-state index in [9.17, 15) is 9.59 Å². The number of hydrogen-bond acceptors (Lipinski definition) is 2. The minimum atomic E-state index is -0.343. The van der Waals surface area contributed by atoms with E-state index in [4.69, 9.17) is 0 Å². The van der Waals surface area contributed by atoms with E-state index in [-0.39, 0.29) is 17.5 Å². The van der Waals surface area contributed by atoms with Crippen molar-refractivity contribution in [2.75, 3.05) is 0 Å². The lowest BCUT2D eigenvalue weighted by molar-refractivity contribution is -0.117. The SMILES string of the molecule is C=CCC(=O)/C=C/[C@H](C(C)=O)c1ccccc1.CCC. The molecule has 0 amide bonds. The van der Waals surface area contributed by atoms with E-state index >= 15 is 0 Å². The molecule has 0 spiro atoms. The highest BCUT2D eigenvalue weighted by Gasteiger charge is 2.12. The Kier molecular flexibility index (Phi) is 9.85. The van der Waals surface area contributed by atoms with E-state index < -0.39 is 0 Å². The van der Waals surface area contributed by atoms with Crippen LogP contribution in [0.15, 0.2) is 55.1 Å². The van der Waals surface area contributed by atoms with Gasteiger partial charge in [0, 0.05) is 6.42 Å². The minimum Gasteiger partial charge on any atom is -0.299 e. The molecular weight excluding hydrogens is 248 g/mol. The molecule has 0 bridgehead atoms. The summed E-state index contributed by atoms with van der Waals surface area (Å²) in [7, 11) is 0. The molecule has 0 fully saturated rings. The van der Waals surface area contributed by atoms with Gasteiger partial charge in [-0.3, -0.25) is 9.59 Å². The number of allylic oxidation sites excluding steroid dienone is 3. The van der Waals surface area contributed by atoms with Gasteiger partial charge in [-0.15, -0.1) is 6.58 Å². The normalized spacial score (nSPS) is 11.3. The van der Waals surface area contributed by atoms with Crippen LogP contribution >= 0.6 is 0 Å². The van der Waals surface area contributed by atoms with Gasteiger partial charge in [0.25, 0.3) is 0 Å². The third-order valence-electron chi connectivity index (χ3n) is 2.42. The maximum Gasteiger partial charge on any atom is 0.159 e. The number of hydrogen-bond donors (Lipinski definition) is 0. The smallest absolute Gasteiger partial charge is 0.159 e. The van der Waals surface area contributed by atoms with Crippen LogP contribution in [0.25, 0.3) is 0 Å². The molecule has 0 radical (unpaired) electrons. The summed E-state index contributed by atoms with van der Waals surface area (Å²) < 4.78 is 0. The largest absolute Gasteiger partial charge is 0.299 e. The van der Waals surface area contributed by atoms with Crippen molar-refractivity contribution in [3.05, 3.63) is 60.7 Å². The lowest BCUT2D eigenvalue weighted by Gasteiger charge is -2.08. The van der Waals surface area contributed by atoms with Crippen LogP contribution in [0.2, 0.25) is 0 Å². The van der Waals surface area contributed by atoms with Crippen molar-refractivity contribution in [1.82, 2.24) is 0 Å². The Morgan fingerprint density at radius 1 is 1.20 bits per heavy atom. The Labute approximate surface area is 122 Å². The zero-order valence-electron chi connectivity index (χ0n) is 12.6. The van der Waals surface area contributed by atoms with Crippen LogP contribution in [-0.2, 0) is 9.59 Å². The number of carbonyl (C=O) groups is 2. The van der Waals surface area contributed by atoms with Crippen LogP contribution < -0.4 is 0 Å².